The molecule has 0 aliphatic rings. The van der Waals surface area contributed by atoms with Gasteiger partial charge in [-0.25, -0.2) is 4.98 Å². The van der Waals surface area contributed by atoms with Crippen molar-refractivity contribution >= 4 is 0 Å². The second-order valence-electron chi connectivity index (χ2n) is 3.92. The lowest BCUT2D eigenvalue weighted by atomic mass is 10.1. The van der Waals surface area contributed by atoms with Crippen molar-refractivity contribution in [2.45, 2.75) is 39.3 Å². The van der Waals surface area contributed by atoms with Gasteiger partial charge in [-0.15, -0.1) is 0 Å². The number of hydrogen-bond acceptors (Lipinski definition) is 3. The minimum absolute atomic E-state index is 0.156. The molecule has 0 radical (unpaired) electrons. The highest BCUT2D eigenvalue weighted by atomic mass is 16.5. The molecule has 1 rings (SSSR count). The number of aromatic nitrogens is 1. The zero-order chi connectivity index (χ0) is 10.6. The Hall–Kier alpha value is -1.09. The lowest BCUT2D eigenvalue weighted by Crippen LogP contribution is -2.27. The van der Waals surface area contributed by atoms with Crippen LogP contribution in [-0.2, 0) is 6.54 Å². The predicted octanol–water partition coefficient (Wildman–Crippen LogP) is 2.11. The molecule has 0 amide bonds. The van der Waals surface area contributed by atoms with E-state index in [2.05, 4.69) is 11.9 Å². The summed E-state index contributed by atoms with van der Waals surface area (Å²) in [6.45, 7) is 6.70. The van der Waals surface area contributed by atoms with Gasteiger partial charge >= 0.3 is 0 Å². The highest BCUT2D eigenvalue weighted by molar-refractivity contribution is 5.18. The standard InChI is InChI=1S/C11H18N2O/c1-4-11(2,3)14-10-6-5-9(7-12)8-13-10/h5-6,8H,4,7,12H2,1-3H3. The van der Waals surface area contributed by atoms with Crippen molar-refractivity contribution in [1.82, 2.24) is 4.98 Å². The quantitative estimate of drug-likeness (QED) is 0.798. The van der Waals surface area contributed by atoms with Crippen molar-refractivity contribution < 1.29 is 4.74 Å². The number of nitrogens with two attached hydrogens (primary N) is 1. The molecule has 0 aliphatic carbocycles. The van der Waals surface area contributed by atoms with Crippen LogP contribution in [0.15, 0.2) is 18.3 Å². The maximum absolute atomic E-state index is 5.70. The molecule has 0 aliphatic heterocycles. The normalized spacial score (nSPS) is 11.4. The van der Waals surface area contributed by atoms with E-state index in [1.807, 2.05) is 26.0 Å². The molecule has 0 aromatic carbocycles. The summed E-state index contributed by atoms with van der Waals surface area (Å²) < 4.78 is 5.70. The number of hydrogen-bond donors (Lipinski definition) is 1. The largest absolute Gasteiger partial charge is 0.472 e. The Balaban J connectivity index is 2.69. The molecular weight excluding hydrogens is 176 g/mol. The third kappa shape index (κ3) is 3.00. The third-order valence-corrected chi connectivity index (χ3v) is 2.27. The first-order valence-corrected chi connectivity index (χ1v) is 4.91. The smallest absolute Gasteiger partial charge is 0.213 e. The van der Waals surface area contributed by atoms with E-state index in [-0.39, 0.29) is 5.60 Å². The summed E-state index contributed by atoms with van der Waals surface area (Å²) in [5.41, 5.74) is 6.34. The topological polar surface area (TPSA) is 48.1 Å². The van der Waals surface area contributed by atoms with Crippen molar-refractivity contribution in [2.24, 2.45) is 5.73 Å². The molecule has 2 N–H and O–H groups in total. The van der Waals surface area contributed by atoms with E-state index >= 15 is 0 Å². The SMILES string of the molecule is CCC(C)(C)Oc1ccc(CN)cn1. The monoisotopic (exact) mass is 194 g/mol. The fourth-order valence-electron chi connectivity index (χ4n) is 0.947. The lowest BCUT2D eigenvalue weighted by Gasteiger charge is -2.23. The van der Waals surface area contributed by atoms with Gasteiger partial charge in [-0.1, -0.05) is 13.0 Å². The Morgan fingerprint density at radius 1 is 1.43 bits per heavy atom. The summed E-state index contributed by atoms with van der Waals surface area (Å²) in [6, 6.07) is 3.80. The van der Waals surface area contributed by atoms with E-state index in [4.69, 9.17) is 10.5 Å². The summed E-state index contributed by atoms with van der Waals surface area (Å²) in [5.74, 6) is 0.661. The van der Waals surface area contributed by atoms with Gasteiger partial charge in [0, 0.05) is 18.8 Å². The highest BCUT2D eigenvalue weighted by Gasteiger charge is 2.16. The van der Waals surface area contributed by atoms with E-state index in [9.17, 15) is 0 Å². The van der Waals surface area contributed by atoms with Crippen molar-refractivity contribution in [3.63, 3.8) is 0 Å². The summed E-state index contributed by atoms with van der Waals surface area (Å²) in [5, 5.41) is 0. The molecule has 0 saturated heterocycles. The van der Waals surface area contributed by atoms with Gasteiger partial charge in [0.15, 0.2) is 0 Å². The number of rotatable bonds is 4. The van der Waals surface area contributed by atoms with Crippen molar-refractivity contribution in [2.75, 3.05) is 0 Å². The van der Waals surface area contributed by atoms with E-state index in [1.165, 1.54) is 0 Å². The third-order valence-electron chi connectivity index (χ3n) is 2.27. The lowest BCUT2D eigenvalue weighted by molar-refractivity contribution is 0.0990. The Morgan fingerprint density at radius 2 is 2.14 bits per heavy atom. The Bertz CT molecular complexity index is 280. The Labute approximate surface area is 85.3 Å². The average Bonchev–Trinajstić information content (AvgIpc) is 2.19. The predicted molar refractivity (Wildman–Crippen MR) is 57.1 cm³/mol. The van der Waals surface area contributed by atoms with Crippen molar-refractivity contribution in [3.05, 3.63) is 23.9 Å². The molecule has 1 aromatic heterocycles. The first kappa shape index (κ1) is 11.0. The number of ether oxygens (including phenoxy) is 1. The molecule has 78 valence electrons. The fraction of sp³-hybridized carbons (Fsp3) is 0.545. The first-order valence-electron chi connectivity index (χ1n) is 4.91. The molecule has 0 unspecified atom stereocenters. The average molecular weight is 194 g/mol. The molecule has 0 saturated carbocycles. The maximum atomic E-state index is 5.70. The number of nitrogens with zero attached hydrogens (tertiary/aromatic N) is 1. The summed E-state index contributed by atoms with van der Waals surface area (Å²) in [4.78, 5) is 4.18. The minimum Gasteiger partial charge on any atom is -0.472 e. The molecule has 0 atom stereocenters. The second kappa shape index (κ2) is 4.42. The summed E-state index contributed by atoms with van der Waals surface area (Å²) in [6.07, 6.45) is 2.70. The van der Waals surface area contributed by atoms with E-state index in [0.717, 1.165) is 12.0 Å². The van der Waals surface area contributed by atoms with Gasteiger partial charge in [-0.3, -0.25) is 0 Å². The van der Waals surface area contributed by atoms with Crippen LogP contribution in [0.1, 0.15) is 32.8 Å². The van der Waals surface area contributed by atoms with Gasteiger partial charge in [0.05, 0.1) is 0 Å². The molecule has 0 bridgehead atoms. The Kier molecular flexibility index (Phi) is 3.47. The molecule has 0 fully saturated rings. The zero-order valence-electron chi connectivity index (χ0n) is 9.08. The van der Waals surface area contributed by atoms with Crippen LogP contribution in [0.5, 0.6) is 5.88 Å². The molecule has 3 heteroatoms. The molecular formula is C11H18N2O. The van der Waals surface area contributed by atoms with Crippen LogP contribution in [0.4, 0.5) is 0 Å². The van der Waals surface area contributed by atoms with Gasteiger partial charge in [-0.2, -0.15) is 0 Å². The molecule has 1 heterocycles. The van der Waals surface area contributed by atoms with Crippen LogP contribution in [-0.4, -0.2) is 10.6 Å². The minimum atomic E-state index is -0.156. The van der Waals surface area contributed by atoms with Crippen LogP contribution in [0.3, 0.4) is 0 Å². The van der Waals surface area contributed by atoms with Crippen LogP contribution in [0.25, 0.3) is 0 Å². The summed E-state index contributed by atoms with van der Waals surface area (Å²) in [7, 11) is 0. The van der Waals surface area contributed by atoms with Crippen LogP contribution in [0, 0.1) is 0 Å². The van der Waals surface area contributed by atoms with E-state index in [1.54, 1.807) is 6.20 Å². The van der Waals surface area contributed by atoms with Gasteiger partial charge in [0.2, 0.25) is 5.88 Å². The van der Waals surface area contributed by atoms with Gasteiger partial charge in [-0.05, 0) is 25.8 Å². The van der Waals surface area contributed by atoms with Crippen LogP contribution >= 0.6 is 0 Å². The van der Waals surface area contributed by atoms with E-state index < -0.39 is 0 Å². The van der Waals surface area contributed by atoms with Crippen LogP contribution in [0.2, 0.25) is 0 Å². The maximum Gasteiger partial charge on any atom is 0.213 e. The summed E-state index contributed by atoms with van der Waals surface area (Å²) >= 11 is 0. The van der Waals surface area contributed by atoms with Crippen LogP contribution < -0.4 is 10.5 Å². The fourth-order valence-corrected chi connectivity index (χ4v) is 0.947. The molecule has 14 heavy (non-hydrogen) atoms. The zero-order valence-corrected chi connectivity index (χ0v) is 9.08. The molecule has 0 spiro atoms. The number of pyridine rings is 1. The highest BCUT2D eigenvalue weighted by Crippen LogP contribution is 2.18. The van der Waals surface area contributed by atoms with Gasteiger partial charge in [0.25, 0.3) is 0 Å². The first-order chi connectivity index (χ1) is 6.57. The van der Waals surface area contributed by atoms with Gasteiger partial charge < -0.3 is 10.5 Å². The van der Waals surface area contributed by atoms with E-state index in [0.29, 0.717) is 12.4 Å². The van der Waals surface area contributed by atoms with Gasteiger partial charge in [0.1, 0.15) is 5.60 Å². The Morgan fingerprint density at radius 3 is 2.57 bits per heavy atom. The molecule has 3 nitrogen and oxygen atoms in total. The van der Waals surface area contributed by atoms with Crippen molar-refractivity contribution in [3.8, 4) is 5.88 Å². The second-order valence-corrected chi connectivity index (χ2v) is 3.92. The molecule has 1 aromatic rings. The van der Waals surface area contributed by atoms with Crippen molar-refractivity contribution in [1.29, 1.82) is 0 Å².